The maximum Gasteiger partial charge on any atom is 0.322 e. The molecule has 1 aromatic rings. The fourth-order valence-corrected chi connectivity index (χ4v) is 3.00. The van der Waals surface area contributed by atoms with Crippen LogP contribution in [0.3, 0.4) is 0 Å². The van der Waals surface area contributed by atoms with E-state index in [4.69, 9.17) is 5.11 Å². The number of hydrogen-bond acceptors (Lipinski definition) is 3. The van der Waals surface area contributed by atoms with E-state index in [1.807, 2.05) is 0 Å². The lowest BCUT2D eigenvalue weighted by molar-refractivity contribution is -0.136. The lowest BCUT2D eigenvalue weighted by Gasteiger charge is -2.12. The van der Waals surface area contributed by atoms with Crippen molar-refractivity contribution in [3.63, 3.8) is 0 Å². The second kappa shape index (κ2) is 4.79. The summed E-state index contributed by atoms with van der Waals surface area (Å²) < 4.78 is 49.7. The van der Waals surface area contributed by atoms with E-state index < -0.39 is 37.6 Å². The van der Waals surface area contributed by atoms with Crippen LogP contribution in [0.1, 0.15) is 13.3 Å². The van der Waals surface area contributed by atoms with E-state index in [9.17, 15) is 22.0 Å². The number of halogens is 2. The summed E-state index contributed by atoms with van der Waals surface area (Å²) in [7, 11) is -4.42. The Bertz CT molecular complexity index is 539. The number of sulfone groups is 1. The van der Waals surface area contributed by atoms with Crippen LogP contribution in [0.4, 0.5) is 8.78 Å². The Morgan fingerprint density at radius 3 is 2.47 bits per heavy atom. The van der Waals surface area contributed by atoms with Gasteiger partial charge in [-0.25, -0.2) is 17.2 Å². The summed E-state index contributed by atoms with van der Waals surface area (Å²) in [4.78, 5) is 9.83. The number of carboxylic acid groups (broad SMARTS) is 1. The molecule has 1 rings (SSSR count). The Hall–Kier alpha value is -1.50. The van der Waals surface area contributed by atoms with Crippen LogP contribution < -0.4 is 0 Å². The van der Waals surface area contributed by atoms with Crippen LogP contribution in [0.5, 0.6) is 0 Å². The summed E-state index contributed by atoms with van der Waals surface area (Å²) in [6, 6.07) is 1.89. The average Bonchev–Trinajstić information content (AvgIpc) is 2.21. The van der Waals surface area contributed by atoms with Crippen molar-refractivity contribution in [2.75, 3.05) is 0 Å². The zero-order valence-electron chi connectivity index (χ0n) is 8.85. The summed E-state index contributed by atoms with van der Waals surface area (Å²) in [6.07, 6.45) is -0.229. The van der Waals surface area contributed by atoms with Crippen molar-refractivity contribution < 1.29 is 27.1 Å². The Kier molecular flexibility index (Phi) is 3.82. The molecule has 0 aromatic heterocycles. The van der Waals surface area contributed by atoms with Crippen LogP contribution in [0, 0.1) is 11.6 Å². The van der Waals surface area contributed by atoms with Crippen LogP contribution in [0.2, 0.25) is 0 Å². The molecule has 1 N–H and O–H groups in total. The van der Waals surface area contributed by atoms with Gasteiger partial charge in [-0.15, -0.1) is 0 Å². The number of rotatable bonds is 4. The van der Waals surface area contributed by atoms with Crippen molar-refractivity contribution >= 4 is 15.8 Å². The minimum Gasteiger partial charge on any atom is -0.480 e. The fraction of sp³-hybridized carbons (Fsp3) is 0.300. The molecule has 0 aliphatic carbocycles. The van der Waals surface area contributed by atoms with Gasteiger partial charge in [-0.05, 0) is 24.6 Å². The van der Waals surface area contributed by atoms with Gasteiger partial charge < -0.3 is 5.11 Å². The molecular weight excluding hydrogens is 254 g/mol. The average molecular weight is 264 g/mol. The highest BCUT2D eigenvalue weighted by molar-refractivity contribution is 7.92. The molecule has 0 amide bonds. The molecule has 94 valence electrons. The van der Waals surface area contributed by atoms with Gasteiger partial charge in [0.05, 0.1) is 0 Å². The molecule has 1 aromatic carbocycles. The molecule has 17 heavy (non-hydrogen) atoms. The highest BCUT2D eigenvalue weighted by Crippen LogP contribution is 2.22. The minimum absolute atomic E-state index is 0.229. The molecule has 7 heteroatoms. The van der Waals surface area contributed by atoms with Gasteiger partial charge in [-0.3, -0.25) is 4.79 Å². The van der Waals surface area contributed by atoms with Gasteiger partial charge in [0.1, 0.15) is 16.5 Å². The lowest BCUT2D eigenvalue weighted by Crippen LogP contribution is -2.30. The maximum atomic E-state index is 13.3. The van der Waals surface area contributed by atoms with E-state index >= 15 is 0 Å². The van der Waals surface area contributed by atoms with Gasteiger partial charge in [0.15, 0.2) is 15.1 Å². The number of carboxylic acids is 1. The second-order valence-corrected chi connectivity index (χ2v) is 5.45. The van der Waals surface area contributed by atoms with E-state index in [0.29, 0.717) is 12.1 Å². The molecule has 1 unspecified atom stereocenters. The summed E-state index contributed by atoms with van der Waals surface area (Å²) in [6.45, 7) is 1.34. The standard InChI is InChI=1S/C10H10F2O4S/c1-2-8(10(13)14)17(15,16)9-5-6(11)3-4-7(9)12/h3-5,8H,2H2,1H3,(H,13,14). The van der Waals surface area contributed by atoms with E-state index in [0.717, 1.165) is 6.07 Å². The minimum atomic E-state index is -4.42. The molecular formula is C10H10F2O4S. The molecule has 0 aliphatic rings. The van der Waals surface area contributed by atoms with Crippen LogP contribution in [0.15, 0.2) is 23.1 Å². The summed E-state index contributed by atoms with van der Waals surface area (Å²) in [5, 5.41) is 6.96. The normalized spacial score (nSPS) is 13.4. The van der Waals surface area contributed by atoms with E-state index in [-0.39, 0.29) is 6.42 Å². The van der Waals surface area contributed by atoms with Crippen molar-refractivity contribution in [2.24, 2.45) is 0 Å². The molecule has 0 saturated carbocycles. The first-order valence-electron chi connectivity index (χ1n) is 4.72. The monoisotopic (exact) mass is 264 g/mol. The Balaban J connectivity index is 3.40. The van der Waals surface area contributed by atoms with Crippen molar-refractivity contribution in [3.05, 3.63) is 29.8 Å². The summed E-state index contributed by atoms with van der Waals surface area (Å²) in [5.74, 6) is -3.69. The Labute approximate surface area is 96.8 Å². The van der Waals surface area contributed by atoms with Crippen molar-refractivity contribution in [3.8, 4) is 0 Å². The predicted molar refractivity (Wildman–Crippen MR) is 55.3 cm³/mol. The zero-order valence-corrected chi connectivity index (χ0v) is 9.67. The van der Waals surface area contributed by atoms with E-state index in [1.54, 1.807) is 0 Å². The Morgan fingerprint density at radius 2 is 2.00 bits per heavy atom. The largest absolute Gasteiger partial charge is 0.480 e. The van der Waals surface area contributed by atoms with Crippen LogP contribution in [-0.2, 0) is 14.6 Å². The number of hydrogen-bond donors (Lipinski definition) is 1. The van der Waals surface area contributed by atoms with Crippen molar-refractivity contribution in [1.29, 1.82) is 0 Å². The second-order valence-electron chi connectivity index (χ2n) is 3.35. The summed E-state index contributed by atoms with van der Waals surface area (Å²) in [5.41, 5.74) is 0. The van der Waals surface area contributed by atoms with Crippen molar-refractivity contribution in [1.82, 2.24) is 0 Å². The van der Waals surface area contributed by atoms with Gasteiger partial charge in [0.25, 0.3) is 0 Å². The first-order valence-corrected chi connectivity index (χ1v) is 6.27. The van der Waals surface area contributed by atoms with Gasteiger partial charge in [0.2, 0.25) is 0 Å². The lowest BCUT2D eigenvalue weighted by atomic mass is 10.3. The SMILES string of the molecule is CCC(C(=O)O)S(=O)(=O)c1cc(F)ccc1F. The fourth-order valence-electron chi connectivity index (χ4n) is 1.38. The first-order chi connectivity index (χ1) is 7.80. The predicted octanol–water partition coefficient (Wildman–Crippen LogP) is 1.60. The third kappa shape index (κ3) is 2.60. The van der Waals surface area contributed by atoms with Gasteiger partial charge in [-0.2, -0.15) is 0 Å². The van der Waals surface area contributed by atoms with Crippen LogP contribution in [0.25, 0.3) is 0 Å². The quantitative estimate of drug-likeness (QED) is 0.896. The number of carbonyl (C=O) groups is 1. The highest BCUT2D eigenvalue weighted by Gasteiger charge is 2.34. The molecule has 0 saturated heterocycles. The zero-order chi connectivity index (χ0) is 13.2. The number of aliphatic carboxylic acids is 1. The molecule has 0 spiro atoms. The first kappa shape index (κ1) is 13.6. The van der Waals surface area contributed by atoms with Gasteiger partial charge in [-0.1, -0.05) is 6.92 Å². The smallest absolute Gasteiger partial charge is 0.322 e. The highest BCUT2D eigenvalue weighted by atomic mass is 32.2. The summed E-state index contributed by atoms with van der Waals surface area (Å²) >= 11 is 0. The van der Waals surface area contributed by atoms with Gasteiger partial charge >= 0.3 is 5.97 Å². The maximum absolute atomic E-state index is 13.3. The van der Waals surface area contributed by atoms with E-state index in [1.165, 1.54) is 6.92 Å². The molecule has 1 atom stereocenters. The molecule has 0 fully saturated rings. The molecule has 0 radical (unpaired) electrons. The third-order valence-electron chi connectivity index (χ3n) is 2.22. The Morgan fingerprint density at radius 1 is 1.41 bits per heavy atom. The topological polar surface area (TPSA) is 71.4 Å². The molecule has 0 heterocycles. The van der Waals surface area contributed by atoms with Crippen molar-refractivity contribution in [2.45, 2.75) is 23.5 Å². The molecule has 0 bridgehead atoms. The van der Waals surface area contributed by atoms with Crippen LogP contribution in [-0.4, -0.2) is 24.7 Å². The molecule has 4 nitrogen and oxygen atoms in total. The van der Waals surface area contributed by atoms with E-state index in [2.05, 4.69) is 0 Å². The third-order valence-corrected chi connectivity index (χ3v) is 4.43. The van der Waals surface area contributed by atoms with Crippen LogP contribution >= 0.6 is 0 Å². The number of benzene rings is 1. The molecule has 0 aliphatic heterocycles. The van der Waals surface area contributed by atoms with Gasteiger partial charge in [0, 0.05) is 0 Å².